The van der Waals surface area contributed by atoms with Crippen molar-refractivity contribution in [1.29, 1.82) is 0 Å². The number of rotatable bonds is 4. The number of para-hydroxylation sites is 1. The first-order valence-electron chi connectivity index (χ1n) is 4.30. The van der Waals surface area contributed by atoms with Crippen molar-refractivity contribution in [3.8, 4) is 5.75 Å². The molecule has 0 saturated heterocycles. The Hall–Kier alpha value is -1.23. The van der Waals surface area contributed by atoms with Crippen molar-refractivity contribution in [3.63, 3.8) is 0 Å². The Bertz CT molecular complexity index is 441. The number of phosphoric ester groups is 1. The molecule has 1 atom stereocenters. The van der Waals surface area contributed by atoms with E-state index in [9.17, 15) is 13.8 Å². The molecule has 16 heavy (non-hydrogen) atoms. The fraction of sp³-hybridized carbons (Fsp3) is 0.222. The lowest BCUT2D eigenvalue weighted by molar-refractivity contribution is -0.121. The fourth-order valence-corrected chi connectivity index (χ4v) is 1.54. The highest BCUT2D eigenvalue weighted by molar-refractivity contribution is 7.46. The molecule has 0 aliphatic rings. The molecule has 1 rings (SSSR count). The van der Waals surface area contributed by atoms with Crippen molar-refractivity contribution < 1.29 is 28.1 Å². The van der Waals surface area contributed by atoms with Gasteiger partial charge in [0.05, 0.1) is 0 Å². The summed E-state index contributed by atoms with van der Waals surface area (Å²) in [6, 6.07) is 5.28. The summed E-state index contributed by atoms with van der Waals surface area (Å²) in [7, 11) is -4.76. The SMILES string of the molecule is CC(=O)C(F)c1ccccc1OP(=O)(O)O. The highest BCUT2D eigenvalue weighted by Gasteiger charge is 2.24. The number of phosphoric acid groups is 1. The smallest absolute Gasteiger partial charge is 0.404 e. The van der Waals surface area contributed by atoms with Crippen molar-refractivity contribution in [3.05, 3.63) is 29.8 Å². The van der Waals surface area contributed by atoms with Gasteiger partial charge < -0.3 is 4.52 Å². The largest absolute Gasteiger partial charge is 0.524 e. The predicted molar refractivity (Wildman–Crippen MR) is 53.6 cm³/mol. The zero-order valence-corrected chi connectivity index (χ0v) is 9.23. The average Bonchev–Trinajstić information content (AvgIpc) is 2.15. The van der Waals surface area contributed by atoms with Crippen LogP contribution in [-0.2, 0) is 9.36 Å². The molecule has 0 fully saturated rings. The molecule has 0 bridgehead atoms. The maximum atomic E-state index is 13.4. The Morgan fingerprint density at radius 3 is 2.50 bits per heavy atom. The van der Waals surface area contributed by atoms with Crippen LogP contribution in [0.25, 0.3) is 0 Å². The summed E-state index contributed by atoms with van der Waals surface area (Å²) >= 11 is 0. The first kappa shape index (κ1) is 12.8. The van der Waals surface area contributed by atoms with Gasteiger partial charge in [-0.25, -0.2) is 8.96 Å². The van der Waals surface area contributed by atoms with Gasteiger partial charge in [-0.3, -0.25) is 14.6 Å². The van der Waals surface area contributed by atoms with Gasteiger partial charge in [0, 0.05) is 5.56 Å². The maximum Gasteiger partial charge on any atom is 0.524 e. The van der Waals surface area contributed by atoms with Gasteiger partial charge in [-0.05, 0) is 13.0 Å². The summed E-state index contributed by atoms with van der Waals surface area (Å²) in [5.41, 5.74) is -0.196. The monoisotopic (exact) mass is 248 g/mol. The predicted octanol–water partition coefficient (Wildman–Crippen LogP) is 1.76. The normalized spacial score (nSPS) is 13.2. The van der Waals surface area contributed by atoms with E-state index in [4.69, 9.17) is 9.79 Å². The maximum absolute atomic E-state index is 13.4. The van der Waals surface area contributed by atoms with Crippen LogP contribution in [0.3, 0.4) is 0 Å². The first-order chi connectivity index (χ1) is 7.31. The highest BCUT2D eigenvalue weighted by atomic mass is 31.2. The molecule has 0 saturated carbocycles. The summed E-state index contributed by atoms with van der Waals surface area (Å²) in [6.45, 7) is 1.04. The van der Waals surface area contributed by atoms with Gasteiger partial charge in [-0.1, -0.05) is 18.2 Å². The molecule has 0 spiro atoms. The molecule has 7 heteroatoms. The fourth-order valence-electron chi connectivity index (χ4n) is 1.12. The Morgan fingerprint density at radius 1 is 1.44 bits per heavy atom. The van der Waals surface area contributed by atoms with E-state index in [0.29, 0.717) is 0 Å². The Kier molecular flexibility index (Phi) is 3.80. The van der Waals surface area contributed by atoms with Gasteiger partial charge in [0.2, 0.25) is 0 Å². The summed E-state index contributed by atoms with van der Waals surface area (Å²) in [6.07, 6.45) is -1.96. The third-order valence-corrected chi connectivity index (χ3v) is 2.20. The zero-order valence-electron chi connectivity index (χ0n) is 8.33. The number of alkyl halides is 1. The van der Waals surface area contributed by atoms with Crippen molar-refractivity contribution in [1.82, 2.24) is 0 Å². The van der Waals surface area contributed by atoms with Crippen LogP contribution in [0.1, 0.15) is 18.7 Å². The second kappa shape index (κ2) is 4.74. The van der Waals surface area contributed by atoms with Crippen LogP contribution in [0, 0.1) is 0 Å². The molecule has 0 aliphatic heterocycles. The molecule has 0 aliphatic carbocycles. The molecule has 1 unspecified atom stereocenters. The minimum atomic E-state index is -4.76. The quantitative estimate of drug-likeness (QED) is 0.793. The second-order valence-corrected chi connectivity index (χ2v) is 4.26. The lowest BCUT2D eigenvalue weighted by Crippen LogP contribution is -2.05. The number of ketones is 1. The van der Waals surface area contributed by atoms with E-state index in [1.165, 1.54) is 24.3 Å². The number of Topliss-reactive ketones (excluding diaryl/α,β-unsaturated/α-hetero) is 1. The van der Waals surface area contributed by atoms with Crippen LogP contribution in [0.5, 0.6) is 5.75 Å². The third-order valence-electron chi connectivity index (χ3n) is 1.77. The Balaban J connectivity index is 3.10. The van der Waals surface area contributed by atoms with Gasteiger partial charge in [-0.15, -0.1) is 0 Å². The van der Waals surface area contributed by atoms with E-state index < -0.39 is 19.8 Å². The van der Waals surface area contributed by atoms with Crippen molar-refractivity contribution in [2.24, 2.45) is 0 Å². The van der Waals surface area contributed by atoms with Gasteiger partial charge in [0.25, 0.3) is 0 Å². The molecular formula is C9H10FO5P. The van der Waals surface area contributed by atoms with Gasteiger partial charge in [0.1, 0.15) is 5.75 Å². The summed E-state index contributed by atoms with van der Waals surface area (Å²) in [5, 5.41) is 0. The molecule has 0 radical (unpaired) electrons. The van der Waals surface area contributed by atoms with Crippen LogP contribution < -0.4 is 4.52 Å². The molecule has 2 N–H and O–H groups in total. The minimum absolute atomic E-state index is 0.196. The van der Waals surface area contributed by atoms with E-state index in [0.717, 1.165) is 6.92 Å². The topological polar surface area (TPSA) is 83.8 Å². The second-order valence-electron chi connectivity index (χ2n) is 3.09. The van der Waals surface area contributed by atoms with Crippen molar-refractivity contribution in [2.75, 3.05) is 0 Å². The number of carbonyl (C=O) groups is 1. The van der Waals surface area contributed by atoms with E-state index in [2.05, 4.69) is 4.52 Å². The summed E-state index contributed by atoms with van der Waals surface area (Å²) in [5.74, 6) is -1.10. The van der Waals surface area contributed by atoms with E-state index in [1.54, 1.807) is 0 Å². The highest BCUT2D eigenvalue weighted by Crippen LogP contribution is 2.41. The van der Waals surface area contributed by atoms with E-state index >= 15 is 0 Å². The number of halogens is 1. The van der Waals surface area contributed by atoms with Gasteiger partial charge in [-0.2, -0.15) is 0 Å². The summed E-state index contributed by atoms with van der Waals surface area (Å²) < 4.78 is 28.3. The molecular weight excluding hydrogens is 238 g/mol. The van der Waals surface area contributed by atoms with Crippen LogP contribution in [0.4, 0.5) is 4.39 Å². The van der Waals surface area contributed by atoms with E-state index in [1.807, 2.05) is 0 Å². The minimum Gasteiger partial charge on any atom is -0.404 e. The van der Waals surface area contributed by atoms with Gasteiger partial charge >= 0.3 is 7.82 Å². The molecule has 1 aromatic rings. The molecule has 1 aromatic carbocycles. The first-order valence-corrected chi connectivity index (χ1v) is 5.83. The molecule has 0 aromatic heterocycles. The molecule has 88 valence electrons. The van der Waals surface area contributed by atoms with Crippen LogP contribution in [-0.4, -0.2) is 15.6 Å². The summed E-state index contributed by atoms with van der Waals surface area (Å²) in [4.78, 5) is 28.0. The lowest BCUT2D eigenvalue weighted by Gasteiger charge is -2.12. The number of hydrogen-bond donors (Lipinski definition) is 2. The Morgan fingerprint density at radius 2 is 2.00 bits per heavy atom. The molecule has 0 heterocycles. The zero-order chi connectivity index (χ0) is 12.3. The van der Waals surface area contributed by atoms with Crippen molar-refractivity contribution >= 4 is 13.6 Å². The number of hydrogen-bond acceptors (Lipinski definition) is 3. The average molecular weight is 248 g/mol. The van der Waals surface area contributed by atoms with Crippen LogP contribution >= 0.6 is 7.82 Å². The standard InChI is InChI=1S/C9H10FO5P/c1-6(11)9(10)7-4-2-3-5-8(7)15-16(12,13)14/h2-5,9H,1H3,(H2,12,13,14). The van der Waals surface area contributed by atoms with Crippen molar-refractivity contribution in [2.45, 2.75) is 13.1 Å². The van der Waals surface area contributed by atoms with Gasteiger partial charge in [0.15, 0.2) is 12.0 Å². The van der Waals surface area contributed by atoms with Crippen LogP contribution in [0.2, 0.25) is 0 Å². The van der Waals surface area contributed by atoms with E-state index in [-0.39, 0.29) is 11.3 Å². The lowest BCUT2D eigenvalue weighted by atomic mass is 10.1. The third kappa shape index (κ3) is 3.41. The Labute approximate surface area is 91.1 Å². The number of benzene rings is 1. The van der Waals surface area contributed by atoms with Crippen LogP contribution in [0.15, 0.2) is 24.3 Å². The molecule has 5 nitrogen and oxygen atoms in total. The molecule has 0 amide bonds. The number of carbonyl (C=O) groups excluding carboxylic acids is 1.